The fraction of sp³-hybridized carbons (Fsp3) is 0.417. The van der Waals surface area contributed by atoms with Crippen LogP contribution in [0.2, 0.25) is 5.02 Å². The predicted molar refractivity (Wildman–Crippen MR) is 72.4 cm³/mol. The third kappa shape index (κ3) is 4.22. The Morgan fingerprint density at radius 1 is 1.53 bits per heavy atom. The molecule has 0 fully saturated rings. The summed E-state index contributed by atoms with van der Waals surface area (Å²) >= 11 is 7.67. The lowest BCUT2D eigenvalue weighted by atomic mass is 10.1. The molecule has 0 bridgehead atoms. The zero-order chi connectivity index (χ0) is 13.0. The monoisotopic (exact) mass is 273 g/mol. The van der Waals surface area contributed by atoms with Gasteiger partial charge in [0.1, 0.15) is 0 Å². The van der Waals surface area contributed by atoms with Crippen LogP contribution in [0.1, 0.15) is 29.8 Å². The number of thioether (sulfide) groups is 1. The lowest BCUT2D eigenvalue weighted by Crippen LogP contribution is -2.15. The maximum atomic E-state index is 10.9. The van der Waals surface area contributed by atoms with Crippen molar-refractivity contribution in [2.75, 3.05) is 0 Å². The van der Waals surface area contributed by atoms with E-state index in [1.54, 1.807) is 36.9 Å². The van der Waals surface area contributed by atoms with E-state index in [0.29, 0.717) is 16.3 Å². The minimum atomic E-state index is -0.483. The number of carbonyl (C=O) groups excluding carboxylic acids is 1. The summed E-state index contributed by atoms with van der Waals surface area (Å²) in [6.45, 7) is 3.72. The van der Waals surface area contributed by atoms with Gasteiger partial charge in [0.05, 0.1) is 6.10 Å². The van der Waals surface area contributed by atoms with Crippen molar-refractivity contribution in [3.63, 3.8) is 0 Å². The average molecular weight is 274 g/mol. The van der Waals surface area contributed by atoms with E-state index < -0.39 is 5.91 Å². The van der Waals surface area contributed by atoms with Crippen LogP contribution >= 0.6 is 23.4 Å². The number of primary amides is 1. The molecule has 3 N–H and O–H groups in total. The largest absolute Gasteiger partial charge is 0.392 e. The highest BCUT2D eigenvalue weighted by Gasteiger charge is 2.11. The number of rotatable bonds is 5. The van der Waals surface area contributed by atoms with Gasteiger partial charge in [-0.25, -0.2) is 0 Å². The molecule has 1 amide bonds. The van der Waals surface area contributed by atoms with E-state index in [1.165, 1.54) is 0 Å². The lowest BCUT2D eigenvalue weighted by Gasteiger charge is -2.14. The number of hydrogen-bond donors (Lipinski definition) is 2. The zero-order valence-electron chi connectivity index (χ0n) is 9.81. The molecule has 1 aromatic carbocycles. The van der Waals surface area contributed by atoms with Gasteiger partial charge >= 0.3 is 0 Å². The standard InChI is InChI=1S/C12H16ClNO2S/c1-7(15)8(2)17-6-10-4-3-9(12(14)16)5-11(10)13/h3-5,7-8,15H,6H2,1-2H3,(H2,14,16). The van der Waals surface area contributed by atoms with Crippen LogP contribution in [-0.4, -0.2) is 22.4 Å². The van der Waals surface area contributed by atoms with Crippen LogP contribution in [0.4, 0.5) is 0 Å². The van der Waals surface area contributed by atoms with Crippen molar-refractivity contribution in [1.29, 1.82) is 0 Å². The van der Waals surface area contributed by atoms with Gasteiger partial charge in [-0.05, 0) is 24.6 Å². The van der Waals surface area contributed by atoms with Crippen LogP contribution in [0.5, 0.6) is 0 Å². The molecule has 0 aliphatic rings. The van der Waals surface area contributed by atoms with E-state index >= 15 is 0 Å². The number of benzene rings is 1. The SMILES string of the molecule is CC(O)C(C)SCc1ccc(C(N)=O)cc1Cl. The summed E-state index contributed by atoms with van der Waals surface area (Å²) in [6.07, 6.45) is -0.358. The molecule has 2 atom stereocenters. The molecule has 1 aromatic rings. The van der Waals surface area contributed by atoms with Crippen molar-refractivity contribution in [2.45, 2.75) is 31.0 Å². The van der Waals surface area contributed by atoms with Gasteiger partial charge in [-0.2, -0.15) is 11.8 Å². The Kier molecular flexibility index (Phi) is 5.31. The second-order valence-corrected chi connectivity index (χ2v) is 5.70. The third-order valence-corrected chi connectivity index (χ3v) is 4.27. The molecule has 0 saturated heterocycles. The second kappa shape index (κ2) is 6.28. The number of aliphatic hydroxyl groups is 1. The molecule has 5 heteroatoms. The summed E-state index contributed by atoms with van der Waals surface area (Å²) in [7, 11) is 0. The topological polar surface area (TPSA) is 63.3 Å². The Labute approximate surface area is 110 Å². The molecule has 3 nitrogen and oxygen atoms in total. The summed E-state index contributed by atoms with van der Waals surface area (Å²) in [4.78, 5) is 10.9. The molecule has 0 aliphatic heterocycles. The predicted octanol–water partition coefficient (Wildman–Crippen LogP) is 2.44. The van der Waals surface area contributed by atoms with Crippen LogP contribution in [-0.2, 0) is 5.75 Å². The smallest absolute Gasteiger partial charge is 0.248 e. The molecule has 0 spiro atoms. The van der Waals surface area contributed by atoms with E-state index in [4.69, 9.17) is 17.3 Å². The van der Waals surface area contributed by atoms with Gasteiger partial charge in [-0.1, -0.05) is 24.6 Å². The first-order valence-electron chi connectivity index (χ1n) is 5.29. The van der Waals surface area contributed by atoms with E-state index in [2.05, 4.69) is 0 Å². The average Bonchev–Trinajstić information content (AvgIpc) is 2.26. The quantitative estimate of drug-likeness (QED) is 0.866. The van der Waals surface area contributed by atoms with Gasteiger partial charge in [0, 0.05) is 21.6 Å². The number of amides is 1. The van der Waals surface area contributed by atoms with Gasteiger partial charge in [0.15, 0.2) is 0 Å². The highest BCUT2D eigenvalue weighted by atomic mass is 35.5. The molecule has 0 saturated carbocycles. The Hall–Kier alpha value is -0.710. The van der Waals surface area contributed by atoms with Gasteiger partial charge in [-0.3, -0.25) is 4.79 Å². The summed E-state index contributed by atoms with van der Waals surface area (Å²) in [5.41, 5.74) is 6.51. The number of carbonyl (C=O) groups is 1. The van der Waals surface area contributed by atoms with Crippen LogP contribution in [0.15, 0.2) is 18.2 Å². The number of hydrogen-bond acceptors (Lipinski definition) is 3. The highest BCUT2D eigenvalue weighted by molar-refractivity contribution is 7.99. The molecule has 0 radical (unpaired) electrons. The fourth-order valence-corrected chi connectivity index (χ4v) is 2.48. The third-order valence-electron chi connectivity index (χ3n) is 2.52. The number of nitrogens with two attached hydrogens (primary N) is 1. The molecular weight excluding hydrogens is 258 g/mol. The summed E-state index contributed by atoms with van der Waals surface area (Å²) in [5.74, 6) is 0.215. The Morgan fingerprint density at radius 3 is 2.65 bits per heavy atom. The van der Waals surface area contributed by atoms with Crippen molar-refractivity contribution in [1.82, 2.24) is 0 Å². The van der Waals surface area contributed by atoms with Crippen LogP contribution in [0.25, 0.3) is 0 Å². The van der Waals surface area contributed by atoms with Crippen molar-refractivity contribution in [3.05, 3.63) is 34.3 Å². The lowest BCUT2D eigenvalue weighted by molar-refractivity contribution is 0.100. The molecular formula is C12H16ClNO2S. The number of halogens is 1. The van der Waals surface area contributed by atoms with Gasteiger partial charge in [0.25, 0.3) is 0 Å². The molecule has 0 aliphatic carbocycles. The second-order valence-electron chi connectivity index (χ2n) is 3.93. The van der Waals surface area contributed by atoms with E-state index in [9.17, 15) is 9.90 Å². The maximum Gasteiger partial charge on any atom is 0.248 e. The fourth-order valence-electron chi connectivity index (χ4n) is 1.18. The minimum absolute atomic E-state index is 0.141. The zero-order valence-corrected chi connectivity index (χ0v) is 11.4. The van der Waals surface area contributed by atoms with Crippen LogP contribution < -0.4 is 5.73 Å². The van der Waals surface area contributed by atoms with E-state index in [1.807, 2.05) is 6.92 Å². The molecule has 0 aromatic heterocycles. The minimum Gasteiger partial charge on any atom is -0.392 e. The normalized spacial score (nSPS) is 14.4. The summed E-state index contributed by atoms with van der Waals surface area (Å²) in [5, 5.41) is 10.0. The molecule has 2 unspecified atom stereocenters. The molecule has 0 heterocycles. The highest BCUT2D eigenvalue weighted by Crippen LogP contribution is 2.25. The van der Waals surface area contributed by atoms with Crippen molar-refractivity contribution in [2.24, 2.45) is 5.73 Å². The van der Waals surface area contributed by atoms with E-state index in [-0.39, 0.29) is 11.4 Å². The van der Waals surface area contributed by atoms with Crippen LogP contribution in [0.3, 0.4) is 0 Å². The first-order valence-corrected chi connectivity index (χ1v) is 6.72. The van der Waals surface area contributed by atoms with Crippen LogP contribution in [0, 0.1) is 0 Å². The van der Waals surface area contributed by atoms with Crippen molar-refractivity contribution >= 4 is 29.3 Å². The summed E-state index contributed by atoms with van der Waals surface area (Å²) < 4.78 is 0. The first kappa shape index (κ1) is 14.4. The Bertz CT molecular complexity index is 409. The Morgan fingerprint density at radius 2 is 2.18 bits per heavy atom. The first-order chi connectivity index (χ1) is 7.91. The molecule has 17 heavy (non-hydrogen) atoms. The number of aliphatic hydroxyl groups excluding tert-OH is 1. The van der Waals surface area contributed by atoms with E-state index in [0.717, 1.165) is 5.56 Å². The van der Waals surface area contributed by atoms with Gasteiger partial charge in [-0.15, -0.1) is 0 Å². The van der Waals surface area contributed by atoms with Gasteiger partial charge < -0.3 is 10.8 Å². The van der Waals surface area contributed by atoms with Crippen molar-refractivity contribution < 1.29 is 9.90 Å². The molecule has 94 valence electrons. The van der Waals surface area contributed by atoms with Crippen molar-refractivity contribution in [3.8, 4) is 0 Å². The van der Waals surface area contributed by atoms with Gasteiger partial charge in [0.2, 0.25) is 5.91 Å². The Balaban J connectivity index is 2.70. The molecule has 1 rings (SSSR count). The maximum absolute atomic E-state index is 10.9. The summed E-state index contributed by atoms with van der Waals surface area (Å²) in [6, 6.07) is 5.04.